The first-order valence-corrected chi connectivity index (χ1v) is 8.35. The first-order chi connectivity index (χ1) is 9.38. The molecule has 2 rings (SSSR count). The molecule has 0 radical (unpaired) electrons. The summed E-state index contributed by atoms with van der Waals surface area (Å²) in [7, 11) is -3.73. The lowest BCUT2D eigenvalue weighted by atomic mass is 10.4. The van der Waals surface area contributed by atoms with Gasteiger partial charge in [0.05, 0.1) is 6.54 Å². The molecule has 0 amide bonds. The number of hydrogen-bond acceptors (Lipinski definition) is 4. The average molecular weight is 380 g/mol. The fraction of sp³-hybridized carbons (Fsp3) is 0.273. The van der Waals surface area contributed by atoms with Crippen LogP contribution in [0.4, 0.5) is 0 Å². The van der Waals surface area contributed by atoms with Crippen molar-refractivity contribution in [1.29, 1.82) is 0 Å². The van der Waals surface area contributed by atoms with Crippen LogP contribution in [0.25, 0.3) is 0 Å². The highest BCUT2D eigenvalue weighted by atomic mass is 79.9. The van der Waals surface area contributed by atoms with Crippen LogP contribution < -0.4 is 4.72 Å². The summed E-state index contributed by atoms with van der Waals surface area (Å²) in [5.41, 5.74) is 0. The summed E-state index contributed by atoms with van der Waals surface area (Å²) in [4.78, 5) is 3.76. The summed E-state index contributed by atoms with van der Waals surface area (Å²) < 4.78 is 29.3. The van der Waals surface area contributed by atoms with Crippen molar-refractivity contribution in [3.63, 3.8) is 0 Å². The highest BCUT2D eigenvalue weighted by Gasteiger charge is 2.21. The van der Waals surface area contributed by atoms with E-state index in [0.717, 1.165) is 0 Å². The van der Waals surface area contributed by atoms with Crippen LogP contribution >= 0.6 is 27.5 Å². The van der Waals surface area contributed by atoms with E-state index in [9.17, 15) is 8.42 Å². The number of hydrogen-bond donors (Lipinski definition) is 1. The molecular formula is C11H12BrClN4O2S. The third-order valence-electron chi connectivity index (χ3n) is 2.44. The molecule has 0 saturated heterocycles. The van der Waals surface area contributed by atoms with Crippen molar-refractivity contribution in [3.05, 3.63) is 40.3 Å². The van der Waals surface area contributed by atoms with Crippen LogP contribution in [0.5, 0.6) is 0 Å². The van der Waals surface area contributed by atoms with E-state index >= 15 is 0 Å². The molecule has 0 aliphatic carbocycles. The lowest BCUT2D eigenvalue weighted by Crippen LogP contribution is -2.36. The Bertz CT molecular complexity index is 690. The Balaban J connectivity index is 2.16. The van der Waals surface area contributed by atoms with Crippen LogP contribution in [-0.2, 0) is 16.6 Å². The van der Waals surface area contributed by atoms with E-state index in [1.807, 2.05) is 0 Å². The van der Waals surface area contributed by atoms with E-state index in [4.69, 9.17) is 11.6 Å². The number of halogens is 2. The van der Waals surface area contributed by atoms with Crippen LogP contribution in [0, 0.1) is 0 Å². The second-order valence-electron chi connectivity index (χ2n) is 4.19. The van der Waals surface area contributed by atoms with Gasteiger partial charge >= 0.3 is 0 Å². The van der Waals surface area contributed by atoms with Crippen molar-refractivity contribution >= 4 is 37.6 Å². The van der Waals surface area contributed by atoms with Crippen molar-refractivity contribution in [2.45, 2.75) is 24.4 Å². The summed E-state index contributed by atoms with van der Waals surface area (Å²) in [5, 5.41) is 3.96. The molecule has 2 aromatic rings. The quantitative estimate of drug-likeness (QED) is 0.807. The second-order valence-corrected chi connectivity index (χ2v) is 7.15. The molecule has 0 saturated carbocycles. The number of aromatic nitrogens is 3. The number of nitrogens with zero attached hydrogens (tertiary/aromatic N) is 3. The maximum absolute atomic E-state index is 12.3. The molecule has 0 aromatic carbocycles. The molecule has 1 unspecified atom stereocenters. The Morgan fingerprint density at radius 3 is 2.95 bits per heavy atom. The molecule has 20 heavy (non-hydrogen) atoms. The van der Waals surface area contributed by atoms with Gasteiger partial charge in [-0.05, 0) is 35.0 Å². The van der Waals surface area contributed by atoms with Crippen molar-refractivity contribution in [2.75, 3.05) is 0 Å². The standard InChI is InChI=1S/C11H12BrClN4O2S/c1-8(7-17-4-2-3-15-17)16-20(18,19)10-5-9(12)6-14-11(10)13/h2-6,8,16H,7H2,1H3. The van der Waals surface area contributed by atoms with Crippen molar-refractivity contribution < 1.29 is 8.42 Å². The van der Waals surface area contributed by atoms with Crippen LogP contribution in [0.2, 0.25) is 5.15 Å². The third-order valence-corrected chi connectivity index (χ3v) is 4.89. The summed E-state index contributed by atoms with van der Waals surface area (Å²) >= 11 is 9.01. The molecule has 0 bridgehead atoms. The van der Waals surface area contributed by atoms with Gasteiger partial charge in [-0.2, -0.15) is 5.10 Å². The lowest BCUT2D eigenvalue weighted by Gasteiger charge is -2.15. The van der Waals surface area contributed by atoms with Gasteiger partial charge in [0.25, 0.3) is 0 Å². The van der Waals surface area contributed by atoms with Gasteiger partial charge in [-0.15, -0.1) is 0 Å². The largest absolute Gasteiger partial charge is 0.271 e. The van der Waals surface area contributed by atoms with E-state index < -0.39 is 10.0 Å². The fourth-order valence-electron chi connectivity index (χ4n) is 1.65. The number of sulfonamides is 1. The molecule has 6 nitrogen and oxygen atoms in total. The Hall–Kier alpha value is -0.960. The zero-order valence-electron chi connectivity index (χ0n) is 10.5. The van der Waals surface area contributed by atoms with Crippen molar-refractivity contribution in [2.24, 2.45) is 0 Å². The molecule has 1 atom stereocenters. The molecule has 1 N–H and O–H groups in total. The Kier molecular flexibility index (Phi) is 4.79. The van der Waals surface area contributed by atoms with E-state index in [1.165, 1.54) is 12.3 Å². The Morgan fingerprint density at radius 1 is 1.55 bits per heavy atom. The summed E-state index contributed by atoms with van der Waals surface area (Å²) in [5.74, 6) is 0. The fourth-order valence-corrected chi connectivity index (χ4v) is 3.83. The molecular weight excluding hydrogens is 368 g/mol. The van der Waals surface area contributed by atoms with E-state index in [-0.39, 0.29) is 16.1 Å². The van der Waals surface area contributed by atoms with Crippen molar-refractivity contribution in [1.82, 2.24) is 19.5 Å². The van der Waals surface area contributed by atoms with Gasteiger partial charge in [0.2, 0.25) is 10.0 Å². The lowest BCUT2D eigenvalue weighted by molar-refractivity contribution is 0.494. The SMILES string of the molecule is CC(Cn1cccn1)NS(=O)(=O)c1cc(Br)cnc1Cl. The maximum Gasteiger partial charge on any atom is 0.243 e. The molecule has 2 aromatic heterocycles. The number of rotatable bonds is 5. The Labute approximate surface area is 130 Å². The molecule has 0 fully saturated rings. The zero-order valence-corrected chi connectivity index (χ0v) is 13.7. The predicted molar refractivity (Wildman–Crippen MR) is 79.0 cm³/mol. The van der Waals surface area contributed by atoms with Gasteiger partial charge in [-0.1, -0.05) is 11.6 Å². The van der Waals surface area contributed by atoms with Gasteiger partial charge in [0, 0.05) is 29.1 Å². The molecule has 0 aliphatic heterocycles. The smallest absolute Gasteiger partial charge is 0.243 e. The highest BCUT2D eigenvalue weighted by Crippen LogP contribution is 2.22. The van der Waals surface area contributed by atoms with Gasteiger partial charge in [-0.25, -0.2) is 18.1 Å². The van der Waals surface area contributed by atoms with Gasteiger partial charge in [0.15, 0.2) is 0 Å². The van der Waals surface area contributed by atoms with E-state index in [1.54, 1.807) is 30.1 Å². The molecule has 9 heteroatoms. The second kappa shape index (κ2) is 6.21. The van der Waals surface area contributed by atoms with Gasteiger partial charge in [-0.3, -0.25) is 4.68 Å². The van der Waals surface area contributed by atoms with Crippen LogP contribution in [0.1, 0.15) is 6.92 Å². The molecule has 0 spiro atoms. The molecule has 0 aliphatic rings. The average Bonchev–Trinajstić information content (AvgIpc) is 2.84. The van der Waals surface area contributed by atoms with E-state index in [2.05, 4.69) is 30.7 Å². The third kappa shape index (κ3) is 3.78. The first-order valence-electron chi connectivity index (χ1n) is 5.69. The van der Waals surface area contributed by atoms with Gasteiger partial charge in [0.1, 0.15) is 10.0 Å². The minimum atomic E-state index is -3.73. The van der Waals surface area contributed by atoms with E-state index in [0.29, 0.717) is 11.0 Å². The normalized spacial score (nSPS) is 13.3. The maximum atomic E-state index is 12.3. The monoisotopic (exact) mass is 378 g/mol. The molecule has 2 heterocycles. The topological polar surface area (TPSA) is 76.9 Å². The van der Waals surface area contributed by atoms with Crippen LogP contribution in [0.15, 0.2) is 40.1 Å². The number of pyridine rings is 1. The summed E-state index contributed by atoms with van der Waals surface area (Å²) in [6.45, 7) is 2.17. The summed E-state index contributed by atoms with van der Waals surface area (Å²) in [6, 6.07) is 2.85. The molecule has 108 valence electrons. The summed E-state index contributed by atoms with van der Waals surface area (Å²) in [6.07, 6.45) is 4.84. The Morgan fingerprint density at radius 2 is 2.30 bits per heavy atom. The first kappa shape index (κ1) is 15.4. The number of nitrogens with one attached hydrogen (secondary N) is 1. The minimum absolute atomic E-state index is 0.0548. The van der Waals surface area contributed by atoms with Gasteiger partial charge < -0.3 is 0 Å². The highest BCUT2D eigenvalue weighted by molar-refractivity contribution is 9.10. The zero-order chi connectivity index (χ0) is 14.8. The van der Waals surface area contributed by atoms with Crippen LogP contribution in [-0.4, -0.2) is 29.2 Å². The predicted octanol–water partition coefficient (Wildman–Crippen LogP) is 2.06. The van der Waals surface area contributed by atoms with Crippen molar-refractivity contribution in [3.8, 4) is 0 Å². The van der Waals surface area contributed by atoms with Crippen LogP contribution in [0.3, 0.4) is 0 Å². The minimum Gasteiger partial charge on any atom is -0.271 e.